The number of hydrogen-bond acceptors (Lipinski definition) is 6. The Bertz CT molecular complexity index is 1290. The fourth-order valence-electron chi connectivity index (χ4n) is 3.96. The van der Waals surface area contributed by atoms with Gasteiger partial charge in [-0.2, -0.15) is 0 Å². The molecule has 0 spiro atoms. The molecule has 1 saturated heterocycles. The van der Waals surface area contributed by atoms with E-state index in [1.165, 1.54) is 0 Å². The SMILES string of the molecule is O=S(O)NCc1ccccc1-c1ccc2cnc(Nc3cccc(N4CCOCC4)c3)nn12. The molecule has 1 fully saturated rings. The molecule has 2 aromatic carbocycles. The number of aromatic nitrogens is 3. The Labute approximate surface area is 193 Å². The maximum atomic E-state index is 11.1. The molecule has 0 amide bonds. The summed E-state index contributed by atoms with van der Waals surface area (Å²) in [6.07, 6.45) is 1.77. The van der Waals surface area contributed by atoms with Crippen LogP contribution in [0.1, 0.15) is 5.56 Å². The zero-order valence-corrected chi connectivity index (χ0v) is 18.7. The van der Waals surface area contributed by atoms with Crippen molar-refractivity contribution in [3.63, 3.8) is 0 Å². The van der Waals surface area contributed by atoms with Crippen LogP contribution in [0.2, 0.25) is 0 Å². The van der Waals surface area contributed by atoms with E-state index in [1.54, 1.807) is 6.20 Å². The van der Waals surface area contributed by atoms with Gasteiger partial charge in [-0.1, -0.05) is 30.3 Å². The third kappa shape index (κ3) is 4.88. The molecule has 0 radical (unpaired) electrons. The Balaban J connectivity index is 1.44. The van der Waals surface area contributed by atoms with Crippen LogP contribution in [0.15, 0.2) is 66.9 Å². The molecule has 0 bridgehead atoms. The van der Waals surface area contributed by atoms with E-state index in [1.807, 2.05) is 53.0 Å². The van der Waals surface area contributed by atoms with Gasteiger partial charge in [0.15, 0.2) is 0 Å². The molecule has 1 unspecified atom stereocenters. The highest BCUT2D eigenvalue weighted by molar-refractivity contribution is 7.77. The number of benzene rings is 2. The van der Waals surface area contributed by atoms with E-state index < -0.39 is 11.3 Å². The van der Waals surface area contributed by atoms with E-state index in [0.717, 1.165) is 60.0 Å². The van der Waals surface area contributed by atoms with Crippen molar-refractivity contribution in [3.05, 3.63) is 72.4 Å². The third-order valence-corrected chi connectivity index (χ3v) is 5.95. The second-order valence-electron chi connectivity index (χ2n) is 7.64. The summed E-state index contributed by atoms with van der Waals surface area (Å²) in [6.45, 7) is 3.47. The minimum atomic E-state index is -2.08. The Hall–Kier alpha value is -3.31. The van der Waals surface area contributed by atoms with E-state index in [-0.39, 0.29) is 6.54 Å². The van der Waals surface area contributed by atoms with Crippen LogP contribution in [-0.4, -0.2) is 49.7 Å². The van der Waals surface area contributed by atoms with Crippen LogP contribution in [0.4, 0.5) is 17.3 Å². The number of ether oxygens (including phenoxy) is 1. The van der Waals surface area contributed by atoms with Gasteiger partial charge >= 0.3 is 0 Å². The molecule has 4 aromatic rings. The van der Waals surface area contributed by atoms with E-state index in [4.69, 9.17) is 14.4 Å². The van der Waals surface area contributed by atoms with Crippen molar-refractivity contribution < 1.29 is 13.5 Å². The number of nitrogens with zero attached hydrogens (tertiary/aromatic N) is 4. The normalized spacial score (nSPS) is 15.0. The molecule has 170 valence electrons. The fourth-order valence-corrected chi connectivity index (χ4v) is 4.24. The summed E-state index contributed by atoms with van der Waals surface area (Å²) in [7, 11) is 0. The topological polar surface area (TPSA) is 104 Å². The maximum absolute atomic E-state index is 11.1. The second-order valence-corrected chi connectivity index (χ2v) is 8.43. The minimum Gasteiger partial charge on any atom is -0.378 e. The van der Waals surface area contributed by atoms with Crippen molar-refractivity contribution >= 4 is 34.1 Å². The van der Waals surface area contributed by atoms with Gasteiger partial charge in [-0.05, 0) is 35.9 Å². The van der Waals surface area contributed by atoms with E-state index in [2.05, 4.69) is 32.1 Å². The van der Waals surface area contributed by atoms with Gasteiger partial charge in [0.2, 0.25) is 17.2 Å². The molecule has 9 nitrogen and oxygen atoms in total. The summed E-state index contributed by atoms with van der Waals surface area (Å²) in [5.74, 6) is 0.478. The van der Waals surface area contributed by atoms with Crippen LogP contribution in [0.25, 0.3) is 16.8 Å². The average Bonchev–Trinajstić information content (AvgIpc) is 3.27. The quantitative estimate of drug-likeness (QED) is 0.361. The van der Waals surface area contributed by atoms with E-state index in [9.17, 15) is 4.21 Å². The van der Waals surface area contributed by atoms with Crippen LogP contribution in [0.5, 0.6) is 0 Å². The van der Waals surface area contributed by atoms with Crippen LogP contribution in [0.3, 0.4) is 0 Å². The van der Waals surface area contributed by atoms with Crippen molar-refractivity contribution in [3.8, 4) is 11.3 Å². The van der Waals surface area contributed by atoms with Gasteiger partial charge in [0, 0.05) is 36.6 Å². The lowest BCUT2D eigenvalue weighted by atomic mass is 10.1. The lowest BCUT2D eigenvalue weighted by molar-refractivity contribution is 0.122. The number of rotatable bonds is 7. The van der Waals surface area contributed by atoms with Gasteiger partial charge < -0.3 is 15.0 Å². The summed E-state index contributed by atoms with van der Waals surface area (Å²) >= 11 is -2.08. The molecule has 2 aromatic heterocycles. The summed E-state index contributed by atoms with van der Waals surface area (Å²) in [5, 5.41) is 8.03. The van der Waals surface area contributed by atoms with Crippen LogP contribution in [-0.2, 0) is 22.5 Å². The standard InChI is InChI=1S/C23H24N6O3S/c30-33(31)25-15-17-4-1-2-7-21(17)22-9-8-20-16-24-23(27-29(20)22)26-18-5-3-6-19(14-18)28-10-12-32-13-11-28/h1-9,14,16,25H,10-13,15H2,(H,26,27)(H,30,31). The predicted molar refractivity (Wildman–Crippen MR) is 129 cm³/mol. The van der Waals surface area contributed by atoms with Crippen LogP contribution < -0.4 is 14.9 Å². The molecular formula is C23H24N6O3S. The summed E-state index contributed by atoms with van der Waals surface area (Å²) in [6, 6.07) is 19.8. The first-order valence-electron chi connectivity index (χ1n) is 10.6. The summed E-state index contributed by atoms with van der Waals surface area (Å²) in [4.78, 5) is 6.77. The maximum Gasteiger partial charge on any atom is 0.245 e. The smallest absolute Gasteiger partial charge is 0.245 e. The largest absolute Gasteiger partial charge is 0.378 e. The highest BCUT2D eigenvalue weighted by Gasteiger charge is 2.13. The molecule has 5 rings (SSSR count). The monoisotopic (exact) mass is 464 g/mol. The van der Waals surface area contributed by atoms with Crippen molar-refractivity contribution in [1.82, 2.24) is 19.3 Å². The number of morpholine rings is 1. The van der Waals surface area contributed by atoms with E-state index >= 15 is 0 Å². The van der Waals surface area contributed by atoms with Crippen molar-refractivity contribution in [1.29, 1.82) is 0 Å². The Morgan fingerprint density at radius 2 is 1.91 bits per heavy atom. The number of nitrogens with one attached hydrogen (secondary N) is 2. The zero-order chi connectivity index (χ0) is 22.6. The highest BCUT2D eigenvalue weighted by atomic mass is 32.2. The molecule has 33 heavy (non-hydrogen) atoms. The van der Waals surface area contributed by atoms with Gasteiger partial charge in [-0.15, -0.1) is 5.10 Å². The molecule has 0 aliphatic carbocycles. The minimum absolute atomic E-state index is 0.261. The van der Waals surface area contributed by atoms with Gasteiger partial charge in [0.25, 0.3) is 0 Å². The first-order valence-corrected chi connectivity index (χ1v) is 11.8. The van der Waals surface area contributed by atoms with Gasteiger partial charge in [-0.25, -0.2) is 18.4 Å². The molecule has 10 heteroatoms. The molecule has 0 saturated carbocycles. The fraction of sp³-hybridized carbons (Fsp3) is 0.217. The van der Waals surface area contributed by atoms with Crippen molar-refractivity contribution in [2.45, 2.75) is 6.54 Å². The second kappa shape index (κ2) is 9.67. The Kier molecular flexibility index (Phi) is 6.31. The third-order valence-electron chi connectivity index (χ3n) is 5.56. The number of fused-ring (bicyclic) bond motifs is 1. The molecule has 1 aliphatic rings. The van der Waals surface area contributed by atoms with E-state index in [0.29, 0.717) is 5.95 Å². The molecular weight excluding hydrogens is 440 g/mol. The van der Waals surface area contributed by atoms with Crippen LogP contribution in [0, 0.1) is 0 Å². The lowest BCUT2D eigenvalue weighted by Crippen LogP contribution is -2.36. The molecule has 1 atom stereocenters. The Morgan fingerprint density at radius 1 is 1.06 bits per heavy atom. The predicted octanol–water partition coefficient (Wildman–Crippen LogP) is 3.20. The Morgan fingerprint density at radius 3 is 2.76 bits per heavy atom. The summed E-state index contributed by atoms with van der Waals surface area (Å²) in [5.41, 5.74) is 5.58. The van der Waals surface area contributed by atoms with Gasteiger partial charge in [-0.3, -0.25) is 4.55 Å². The molecule has 1 aliphatic heterocycles. The van der Waals surface area contributed by atoms with Crippen molar-refractivity contribution in [2.24, 2.45) is 0 Å². The number of anilines is 3. The van der Waals surface area contributed by atoms with Crippen molar-refractivity contribution in [2.75, 3.05) is 36.5 Å². The summed E-state index contributed by atoms with van der Waals surface area (Å²) < 4.78 is 30.0. The zero-order valence-electron chi connectivity index (χ0n) is 17.8. The molecule has 3 heterocycles. The van der Waals surface area contributed by atoms with Gasteiger partial charge in [0.1, 0.15) is 0 Å². The first-order chi connectivity index (χ1) is 16.2. The van der Waals surface area contributed by atoms with Crippen LogP contribution >= 0.6 is 0 Å². The van der Waals surface area contributed by atoms with Gasteiger partial charge in [0.05, 0.1) is 30.6 Å². The highest BCUT2D eigenvalue weighted by Crippen LogP contribution is 2.27. The molecule has 3 N–H and O–H groups in total. The first kappa shape index (κ1) is 21.5. The average molecular weight is 465 g/mol. The lowest BCUT2D eigenvalue weighted by Gasteiger charge is -2.29. The number of hydrogen-bond donors (Lipinski definition) is 3.